The number of pyridine rings is 1. The Kier molecular flexibility index (Phi) is 2.84. The Balaban J connectivity index is 3.01. The van der Waals surface area contributed by atoms with Gasteiger partial charge in [0.1, 0.15) is 6.07 Å². The Hall–Kier alpha value is -1.90. The quantitative estimate of drug-likeness (QED) is 0.586. The molecule has 0 saturated carbocycles. The van der Waals surface area contributed by atoms with Gasteiger partial charge in [0.2, 0.25) is 0 Å². The van der Waals surface area contributed by atoms with Gasteiger partial charge in [0.15, 0.2) is 0 Å². The van der Waals surface area contributed by atoms with E-state index in [2.05, 4.69) is 4.98 Å². The molecule has 84 valence electrons. The molecule has 0 atom stereocenters. The summed E-state index contributed by atoms with van der Waals surface area (Å²) in [6.45, 7) is 0. The molecule has 2 aromatic rings. The van der Waals surface area contributed by atoms with Gasteiger partial charge >= 0.3 is 0 Å². The number of aromatic nitrogens is 1. The molecule has 17 heavy (non-hydrogen) atoms. The Morgan fingerprint density at radius 3 is 2.71 bits per heavy atom. The van der Waals surface area contributed by atoms with Gasteiger partial charge in [-0.05, 0) is 6.07 Å². The summed E-state index contributed by atoms with van der Waals surface area (Å²) < 4.78 is 0. The molecule has 0 spiro atoms. The van der Waals surface area contributed by atoms with E-state index in [0.717, 1.165) is 0 Å². The summed E-state index contributed by atoms with van der Waals surface area (Å²) in [7, 11) is 0. The zero-order chi connectivity index (χ0) is 12.6. The lowest BCUT2D eigenvalue weighted by Crippen LogP contribution is -1.93. The summed E-state index contributed by atoms with van der Waals surface area (Å²) in [6.07, 6.45) is 1.24. The Morgan fingerprint density at radius 2 is 2.12 bits per heavy atom. The first-order valence-electron chi connectivity index (χ1n) is 4.37. The number of rotatable bonds is 1. The van der Waals surface area contributed by atoms with Crippen LogP contribution in [0.5, 0.6) is 0 Å². The van der Waals surface area contributed by atoms with Crippen molar-refractivity contribution in [1.82, 2.24) is 4.98 Å². The third-order valence-electron chi connectivity index (χ3n) is 2.20. The zero-order valence-electron chi connectivity index (χ0n) is 8.15. The highest BCUT2D eigenvalue weighted by Crippen LogP contribution is 2.36. The van der Waals surface area contributed by atoms with Crippen molar-refractivity contribution in [1.29, 1.82) is 5.26 Å². The van der Waals surface area contributed by atoms with Crippen LogP contribution in [0.15, 0.2) is 18.3 Å². The van der Waals surface area contributed by atoms with Crippen molar-refractivity contribution >= 4 is 39.8 Å². The van der Waals surface area contributed by atoms with Crippen LogP contribution in [0, 0.1) is 21.4 Å². The topological polar surface area (TPSA) is 79.8 Å². The number of non-ortho nitro benzene ring substituents is 1. The largest absolute Gasteiger partial charge is 0.280 e. The van der Waals surface area contributed by atoms with Gasteiger partial charge in [-0.1, -0.05) is 23.2 Å². The maximum absolute atomic E-state index is 10.9. The summed E-state index contributed by atoms with van der Waals surface area (Å²) in [5.41, 5.74) is 0.0633. The molecule has 0 amide bonds. The minimum absolute atomic E-state index is 0.00769. The fourth-order valence-electron chi connectivity index (χ4n) is 1.45. The molecule has 0 saturated heterocycles. The standard InChI is InChI=1S/C10H3Cl2N3O2/c11-6-1-2-7(15(16)17)8-9(12)5(3-13)4-14-10(6)8/h1-2,4H. The van der Waals surface area contributed by atoms with Crippen molar-refractivity contribution in [3.63, 3.8) is 0 Å². The second kappa shape index (κ2) is 4.17. The van der Waals surface area contributed by atoms with Crippen LogP contribution in [0.3, 0.4) is 0 Å². The van der Waals surface area contributed by atoms with Gasteiger partial charge in [-0.3, -0.25) is 15.1 Å². The summed E-state index contributed by atoms with van der Waals surface area (Å²) in [5.74, 6) is 0. The maximum Gasteiger partial charge on any atom is 0.280 e. The van der Waals surface area contributed by atoms with E-state index >= 15 is 0 Å². The van der Waals surface area contributed by atoms with Crippen LogP contribution in [0.2, 0.25) is 10.0 Å². The second-order valence-electron chi connectivity index (χ2n) is 3.14. The lowest BCUT2D eigenvalue weighted by atomic mass is 10.1. The number of halogens is 2. The summed E-state index contributed by atoms with van der Waals surface area (Å²) in [5, 5.41) is 20.0. The first-order valence-corrected chi connectivity index (χ1v) is 5.13. The minimum atomic E-state index is -0.590. The molecule has 0 bridgehead atoms. The van der Waals surface area contributed by atoms with Crippen molar-refractivity contribution in [2.75, 3.05) is 0 Å². The molecule has 0 aliphatic heterocycles. The Morgan fingerprint density at radius 1 is 1.41 bits per heavy atom. The minimum Gasteiger partial charge on any atom is -0.258 e. The summed E-state index contributed by atoms with van der Waals surface area (Å²) in [6, 6.07) is 4.42. The number of nitrogens with zero attached hydrogens (tertiary/aromatic N) is 3. The van der Waals surface area contributed by atoms with Crippen molar-refractivity contribution in [3.8, 4) is 6.07 Å². The number of hydrogen-bond donors (Lipinski definition) is 0. The van der Waals surface area contributed by atoms with Crippen molar-refractivity contribution in [2.45, 2.75) is 0 Å². The van der Waals surface area contributed by atoms with E-state index in [9.17, 15) is 10.1 Å². The number of fused-ring (bicyclic) bond motifs is 1. The molecule has 2 rings (SSSR count). The molecular weight excluding hydrogens is 265 g/mol. The molecule has 7 heteroatoms. The van der Waals surface area contributed by atoms with Crippen molar-refractivity contribution in [2.24, 2.45) is 0 Å². The molecule has 0 radical (unpaired) electrons. The van der Waals surface area contributed by atoms with Crippen LogP contribution in [-0.4, -0.2) is 9.91 Å². The Labute approximate surface area is 105 Å². The number of benzene rings is 1. The van der Waals surface area contributed by atoms with Crippen molar-refractivity contribution in [3.05, 3.63) is 44.1 Å². The smallest absolute Gasteiger partial charge is 0.258 e. The molecule has 1 heterocycles. The van der Waals surface area contributed by atoms with Gasteiger partial charge in [-0.2, -0.15) is 5.26 Å². The first-order chi connectivity index (χ1) is 8.06. The fourth-order valence-corrected chi connectivity index (χ4v) is 1.93. The number of nitro groups is 1. The molecule has 0 unspecified atom stereocenters. The molecule has 0 N–H and O–H groups in total. The van der Waals surface area contributed by atoms with Gasteiger partial charge < -0.3 is 0 Å². The van der Waals surface area contributed by atoms with Gasteiger partial charge in [0.25, 0.3) is 5.69 Å². The van der Waals surface area contributed by atoms with Gasteiger partial charge in [0.05, 0.1) is 31.4 Å². The maximum atomic E-state index is 10.9. The van der Waals surface area contributed by atoms with E-state index in [-0.39, 0.29) is 32.2 Å². The van der Waals surface area contributed by atoms with Crippen LogP contribution >= 0.6 is 23.2 Å². The van der Waals surface area contributed by atoms with Crippen LogP contribution < -0.4 is 0 Å². The molecule has 0 aliphatic carbocycles. The predicted octanol–water partition coefficient (Wildman–Crippen LogP) is 3.32. The first kappa shape index (κ1) is 11.6. The summed E-state index contributed by atoms with van der Waals surface area (Å²) in [4.78, 5) is 14.2. The van der Waals surface area contributed by atoms with E-state index in [4.69, 9.17) is 28.5 Å². The highest BCUT2D eigenvalue weighted by atomic mass is 35.5. The van der Waals surface area contributed by atoms with E-state index in [1.807, 2.05) is 6.07 Å². The Bertz CT molecular complexity index is 679. The van der Waals surface area contributed by atoms with Gasteiger partial charge in [-0.25, -0.2) is 0 Å². The lowest BCUT2D eigenvalue weighted by molar-refractivity contribution is -0.383. The molecule has 0 fully saturated rings. The average Bonchev–Trinajstić information content (AvgIpc) is 2.30. The lowest BCUT2D eigenvalue weighted by Gasteiger charge is -2.04. The number of hydrogen-bond acceptors (Lipinski definition) is 4. The molecule has 1 aromatic heterocycles. The van der Waals surface area contributed by atoms with Gasteiger partial charge in [-0.15, -0.1) is 0 Å². The highest BCUT2D eigenvalue weighted by Gasteiger charge is 2.19. The van der Waals surface area contributed by atoms with Crippen LogP contribution in [-0.2, 0) is 0 Å². The van der Waals surface area contributed by atoms with Gasteiger partial charge in [0, 0.05) is 12.3 Å². The van der Waals surface area contributed by atoms with E-state index in [0.29, 0.717) is 0 Å². The summed E-state index contributed by atoms with van der Waals surface area (Å²) >= 11 is 11.8. The number of nitriles is 1. The van der Waals surface area contributed by atoms with E-state index in [1.165, 1.54) is 18.3 Å². The molecular formula is C10H3Cl2N3O2. The average molecular weight is 268 g/mol. The SMILES string of the molecule is N#Cc1cnc2c(Cl)ccc([N+](=O)[O-])c2c1Cl. The zero-order valence-corrected chi connectivity index (χ0v) is 9.66. The third-order valence-corrected chi connectivity index (χ3v) is 2.90. The van der Waals surface area contributed by atoms with Crippen LogP contribution in [0.1, 0.15) is 5.56 Å². The van der Waals surface area contributed by atoms with Crippen LogP contribution in [0.25, 0.3) is 10.9 Å². The third kappa shape index (κ3) is 1.78. The normalized spacial score (nSPS) is 10.2. The fraction of sp³-hybridized carbons (Fsp3) is 0. The van der Waals surface area contributed by atoms with Crippen molar-refractivity contribution < 1.29 is 4.92 Å². The predicted molar refractivity (Wildman–Crippen MR) is 63.1 cm³/mol. The number of nitro benzene ring substituents is 1. The van der Waals surface area contributed by atoms with E-state index in [1.54, 1.807) is 0 Å². The second-order valence-corrected chi connectivity index (χ2v) is 3.93. The molecule has 1 aromatic carbocycles. The van der Waals surface area contributed by atoms with Crippen LogP contribution in [0.4, 0.5) is 5.69 Å². The molecule has 5 nitrogen and oxygen atoms in total. The monoisotopic (exact) mass is 267 g/mol. The van der Waals surface area contributed by atoms with E-state index < -0.39 is 4.92 Å². The molecule has 0 aliphatic rings. The highest BCUT2D eigenvalue weighted by molar-refractivity contribution is 6.40.